The van der Waals surface area contributed by atoms with Crippen LogP contribution < -0.4 is 4.90 Å². The molecular weight excluding hydrogens is 390 g/mol. The molecule has 1 amide bonds. The summed E-state index contributed by atoms with van der Waals surface area (Å²) in [6.07, 6.45) is 0.599. The molecule has 3 aliphatic rings. The first-order valence-corrected chi connectivity index (χ1v) is 10.2. The SMILES string of the molecule is O=C1N([C@H]2CC[C@H](O)CC2)CCC12CCCN(c1nccc(C(F)(F)F)c1F)C2. The quantitative estimate of drug-likeness (QED) is 0.753. The molecule has 9 heteroatoms. The Morgan fingerprint density at radius 2 is 1.86 bits per heavy atom. The van der Waals surface area contributed by atoms with Crippen molar-refractivity contribution in [2.24, 2.45) is 5.41 Å². The molecule has 3 fully saturated rings. The molecule has 0 aromatic carbocycles. The van der Waals surface area contributed by atoms with Crippen LogP contribution >= 0.6 is 0 Å². The molecule has 1 N–H and O–H groups in total. The van der Waals surface area contributed by atoms with E-state index in [1.165, 1.54) is 4.90 Å². The van der Waals surface area contributed by atoms with Gasteiger partial charge >= 0.3 is 6.18 Å². The van der Waals surface area contributed by atoms with Gasteiger partial charge in [0.1, 0.15) is 0 Å². The molecule has 1 aromatic rings. The van der Waals surface area contributed by atoms with Crippen molar-refractivity contribution in [3.05, 3.63) is 23.6 Å². The van der Waals surface area contributed by atoms with Gasteiger partial charge in [-0.05, 0) is 51.0 Å². The summed E-state index contributed by atoms with van der Waals surface area (Å²) in [5.41, 5.74) is -2.03. The number of aliphatic hydroxyl groups is 1. The Bertz CT molecular complexity index is 779. The number of anilines is 1. The minimum Gasteiger partial charge on any atom is -0.393 e. The minimum atomic E-state index is -4.79. The molecule has 3 heterocycles. The zero-order chi connectivity index (χ0) is 20.8. The van der Waals surface area contributed by atoms with E-state index in [0.29, 0.717) is 51.3 Å². The highest BCUT2D eigenvalue weighted by Crippen LogP contribution is 2.44. The number of likely N-dealkylation sites (tertiary alicyclic amines) is 1. The average molecular weight is 415 g/mol. The number of carbonyl (C=O) groups is 1. The number of halogens is 4. The van der Waals surface area contributed by atoms with Crippen LogP contribution in [-0.4, -0.2) is 52.7 Å². The lowest BCUT2D eigenvalue weighted by Crippen LogP contribution is -2.50. The fourth-order valence-electron chi connectivity index (χ4n) is 5.13. The number of amides is 1. The van der Waals surface area contributed by atoms with Crippen molar-refractivity contribution >= 4 is 11.7 Å². The summed E-state index contributed by atoms with van der Waals surface area (Å²) in [6.45, 7) is 1.16. The largest absolute Gasteiger partial charge is 0.419 e. The standard InChI is InChI=1S/C20H25F4N3O2/c21-16-15(20(22,23)24)6-9-25-17(16)26-10-1-7-19(12-26)8-11-27(18(19)29)13-2-4-14(28)5-3-13/h6,9,13-14,28H,1-5,7-8,10-12H2/t13-,14-,19?. The Labute approximate surface area is 166 Å². The molecule has 160 valence electrons. The van der Waals surface area contributed by atoms with Crippen LogP contribution in [0.4, 0.5) is 23.4 Å². The molecule has 1 saturated carbocycles. The van der Waals surface area contributed by atoms with E-state index in [-0.39, 0.29) is 30.4 Å². The molecule has 2 saturated heterocycles. The van der Waals surface area contributed by atoms with Gasteiger partial charge in [-0.2, -0.15) is 13.2 Å². The number of aliphatic hydroxyl groups excluding tert-OH is 1. The first kappa shape index (κ1) is 20.4. The van der Waals surface area contributed by atoms with E-state index in [2.05, 4.69) is 4.98 Å². The van der Waals surface area contributed by atoms with E-state index < -0.39 is 23.0 Å². The number of carbonyl (C=O) groups excluding carboxylic acids is 1. The highest BCUT2D eigenvalue weighted by molar-refractivity contribution is 5.86. The first-order valence-electron chi connectivity index (χ1n) is 10.2. The molecule has 1 aromatic heterocycles. The van der Waals surface area contributed by atoms with Crippen LogP contribution in [0.5, 0.6) is 0 Å². The third-order valence-electron chi connectivity index (χ3n) is 6.71. The van der Waals surface area contributed by atoms with Crippen LogP contribution in [0, 0.1) is 11.2 Å². The summed E-state index contributed by atoms with van der Waals surface area (Å²) in [4.78, 5) is 20.5. The van der Waals surface area contributed by atoms with E-state index in [1.807, 2.05) is 4.90 Å². The molecule has 2 aliphatic heterocycles. The predicted octanol–water partition coefficient (Wildman–Crippen LogP) is 3.36. The van der Waals surface area contributed by atoms with Crippen molar-refractivity contribution < 1.29 is 27.5 Å². The van der Waals surface area contributed by atoms with Crippen LogP contribution in [0.1, 0.15) is 50.5 Å². The zero-order valence-electron chi connectivity index (χ0n) is 16.1. The van der Waals surface area contributed by atoms with Crippen LogP contribution in [0.15, 0.2) is 12.3 Å². The monoisotopic (exact) mass is 415 g/mol. The normalized spacial score (nSPS) is 31.0. The Kier molecular flexibility index (Phi) is 5.21. The number of hydrogen-bond donors (Lipinski definition) is 1. The summed E-state index contributed by atoms with van der Waals surface area (Å²) >= 11 is 0. The van der Waals surface area contributed by atoms with Crippen molar-refractivity contribution in [1.29, 1.82) is 0 Å². The Balaban J connectivity index is 1.54. The molecule has 0 bridgehead atoms. The second kappa shape index (κ2) is 7.41. The lowest BCUT2D eigenvalue weighted by atomic mass is 9.78. The van der Waals surface area contributed by atoms with E-state index in [1.54, 1.807) is 0 Å². The van der Waals surface area contributed by atoms with Crippen LogP contribution in [0.3, 0.4) is 0 Å². The van der Waals surface area contributed by atoms with Gasteiger partial charge in [0.25, 0.3) is 0 Å². The third-order valence-corrected chi connectivity index (χ3v) is 6.71. The molecule has 4 rings (SSSR count). The minimum absolute atomic E-state index is 0.0102. The molecule has 1 spiro atoms. The van der Waals surface area contributed by atoms with Gasteiger partial charge in [-0.3, -0.25) is 4.79 Å². The Hall–Kier alpha value is -1.90. The molecule has 1 unspecified atom stereocenters. The van der Waals surface area contributed by atoms with Crippen molar-refractivity contribution in [3.8, 4) is 0 Å². The van der Waals surface area contributed by atoms with Gasteiger partial charge in [-0.1, -0.05) is 0 Å². The molecule has 1 atom stereocenters. The fraction of sp³-hybridized carbons (Fsp3) is 0.700. The second-order valence-corrected chi connectivity index (χ2v) is 8.51. The number of piperidine rings is 1. The topological polar surface area (TPSA) is 56.7 Å². The van der Waals surface area contributed by atoms with E-state index in [9.17, 15) is 27.5 Å². The predicted molar refractivity (Wildman–Crippen MR) is 97.7 cm³/mol. The van der Waals surface area contributed by atoms with Gasteiger partial charge in [0.2, 0.25) is 5.91 Å². The molecule has 0 radical (unpaired) electrons. The number of nitrogens with zero attached hydrogens (tertiary/aromatic N) is 3. The lowest BCUT2D eigenvalue weighted by Gasteiger charge is -2.41. The van der Waals surface area contributed by atoms with Gasteiger partial charge in [0, 0.05) is 31.9 Å². The van der Waals surface area contributed by atoms with Crippen LogP contribution in [-0.2, 0) is 11.0 Å². The van der Waals surface area contributed by atoms with Crippen molar-refractivity contribution in [2.75, 3.05) is 24.5 Å². The van der Waals surface area contributed by atoms with Crippen molar-refractivity contribution in [2.45, 2.75) is 63.3 Å². The summed E-state index contributed by atoms with van der Waals surface area (Å²) in [7, 11) is 0. The summed E-state index contributed by atoms with van der Waals surface area (Å²) in [5.74, 6) is -1.69. The number of pyridine rings is 1. The number of hydrogen-bond acceptors (Lipinski definition) is 4. The molecule has 5 nitrogen and oxygen atoms in total. The summed E-state index contributed by atoms with van der Waals surface area (Å²) in [6, 6.07) is 0.738. The summed E-state index contributed by atoms with van der Waals surface area (Å²) in [5, 5.41) is 9.71. The van der Waals surface area contributed by atoms with Crippen LogP contribution in [0.2, 0.25) is 0 Å². The fourth-order valence-corrected chi connectivity index (χ4v) is 5.13. The van der Waals surface area contributed by atoms with Gasteiger partial charge in [-0.15, -0.1) is 0 Å². The van der Waals surface area contributed by atoms with Gasteiger partial charge in [0.05, 0.1) is 17.1 Å². The van der Waals surface area contributed by atoms with Gasteiger partial charge < -0.3 is 14.9 Å². The third kappa shape index (κ3) is 3.69. The highest BCUT2D eigenvalue weighted by atomic mass is 19.4. The zero-order valence-corrected chi connectivity index (χ0v) is 16.1. The van der Waals surface area contributed by atoms with Crippen LogP contribution in [0.25, 0.3) is 0 Å². The number of alkyl halides is 3. The maximum atomic E-state index is 14.6. The second-order valence-electron chi connectivity index (χ2n) is 8.51. The molecule has 1 aliphatic carbocycles. The van der Waals surface area contributed by atoms with Gasteiger partial charge in [-0.25, -0.2) is 9.37 Å². The van der Waals surface area contributed by atoms with Crippen molar-refractivity contribution in [1.82, 2.24) is 9.88 Å². The van der Waals surface area contributed by atoms with E-state index in [4.69, 9.17) is 0 Å². The smallest absolute Gasteiger partial charge is 0.393 e. The van der Waals surface area contributed by atoms with E-state index >= 15 is 0 Å². The Morgan fingerprint density at radius 3 is 2.55 bits per heavy atom. The number of aromatic nitrogens is 1. The first-order chi connectivity index (χ1) is 13.7. The summed E-state index contributed by atoms with van der Waals surface area (Å²) < 4.78 is 53.8. The maximum Gasteiger partial charge on any atom is 0.419 e. The number of rotatable bonds is 2. The average Bonchev–Trinajstić information content (AvgIpc) is 2.98. The lowest BCUT2D eigenvalue weighted by molar-refractivity contribution is -0.140. The van der Waals surface area contributed by atoms with Crippen molar-refractivity contribution in [3.63, 3.8) is 0 Å². The molecular formula is C20H25F4N3O2. The Morgan fingerprint density at radius 1 is 1.14 bits per heavy atom. The highest BCUT2D eigenvalue weighted by Gasteiger charge is 2.51. The maximum absolute atomic E-state index is 14.6. The van der Waals surface area contributed by atoms with Gasteiger partial charge in [0.15, 0.2) is 11.6 Å². The van der Waals surface area contributed by atoms with E-state index in [0.717, 1.165) is 19.0 Å². The molecule has 29 heavy (non-hydrogen) atoms.